The van der Waals surface area contributed by atoms with Gasteiger partial charge in [-0.2, -0.15) is 4.31 Å². The van der Waals surface area contributed by atoms with Crippen molar-refractivity contribution in [1.29, 1.82) is 0 Å². The summed E-state index contributed by atoms with van der Waals surface area (Å²) in [7, 11) is -6.01. The zero-order chi connectivity index (χ0) is 26.7. The summed E-state index contributed by atoms with van der Waals surface area (Å²) in [5.74, 6) is -0.397. The number of sulfone groups is 1. The number of carbonyl (C=O) groups excluding carboxylic acids is 1. The molecule has 3 rings (SSSR count). The van der Waals surface area contributed by atoms with Crippen molar-refractivity contribution in [2.75, 3.05) is 26.5 Å². The summed E-state index contributed by atoms with van der Waals surface area (Å²) in [6, 6.07) is 7.51. The van der Waals surface area contributed by atoms with Crippen LogP contribution >= 0.6 is 11.6 Å². The molecule has 1 aliphatic heterocycles. The second-order valence-electron chi connectivity index (χ2n) is 8.52. The average Bonchev–Trinajstić information content (AvgIpc) is 2.82. The van der Waals surface area contributed by atoms with E-state index in [1.807, 2.05) is 0 Å². The van der Waals surface area contributed by atoms with Crippen LogP contribution in [-0.4, -0.2) is 70.2 Å². The largest absolute Gasteiger partial charge is 0.497 e. The lowest BCUT2D eigenvalue weighted by molar-refractivity contribution is -0.135. The number of sulfonamides is 1. The molecule has 0 saturated carbocycles. The Hall–Kier alpha value is -2.54. The molecule has 0 radical (unpaired) electrons. The number of nitrogens with one attached hydrogen (secondary N) is 1. The zero-order valence-corrected chi connectivity index (χ0v) is 22.3. The van der Waals surface area contributed by atoms with Crippen LogP contribution in [0.25, 0.3) is 11.1 Å². The predicted molar refractivity (Wildman–Crippen MR) is 135 cm³/mol. The number of aromatic nitrogens is 1. The van der Waals surface area contributed by atoms with Gasteiger partial charge in [0.1, 0.15) is 15.8 Å². The van der Waals surface area contributed by atoms with E-state index in [9.17, 15) is 21.6 Å². The highest BCUT2D eigenvalue weighted by atomic mass is 35.5. The first-order valence-electron chi connectivity index (χ1n) is 10.9. The van der Waals surface area contributed by atoms with Gasteiger partial charge in [-0.1, -0.05) is 29.8 Å². The number of benzene rings is 1. The molecular formula is C23H27ClFN3O6S2. The number of nitrogens with zero attached hydrogens (tertiary/aromatic N) is 2. The summed E-state index contributed by atoms with van der Waals surface area (Å²) in [6.07, 6.45) is 2.67. The fourth-order valence-corrected chi connectivity index (χ4v) is 5.99. The van der Waals surface area contributed by atoms with Crippen molar-refractivity contribution in [3.63, 3.8) is 0 Å². The Morgan fingerprint density at radius 2 is 1.92 bits per heavy atom. The quantitative estimate of drug-likeness (QED) is 0.493. The van der Waals surface area contributed by atoms with Gasteiger partial charge in [0.25, 0.3) is 5.91 Å². The molecule has 36 heavy (non-hydrogen) atoms. The third-order valence-electron chi connectivity index (χ3n) is 5.73. The fourth-order valence-electron chi connectivity index (χ4n) is 3.73. The topological polar surface area (TPSA) is 123 Å². The Morgan fingerprint density at radius 1 is 1.25 bits per heavy atom. The molecule has 0 bridgehead atoms. The van der Waals surface area contributed by atoms with E-state index in [4.69, 9.17) is 16.3 Å². The number of pyridine rings is 1. The Bertz CT molecular complexity index is 1370. The minimum Gasteiger partial charge on any atom is -0.497 e. The van der Waals surface area contributed by atoms with Gasteiger partial charge in [-0.3, -0.25) is 4.79 Å². The summed E-state index contributed by atoms with van der Waals surface area (Å²) >= 11 is 6.05. The third kappa shape index (κ3) is 6.61. The van der Waals surface area contributed by atoms with Gasteiger partial charge in [-0.25, -0.2) is 26.2 Å². The van der Waals surface area contributed by atoms with Crippen LogP contribution in [0, 0.1) is 0 Å². The standard InChI is InChI=1S/C23H27ClFN3O6S2/c1-16(7-12-35(3,30)31)27-22(29)23(25)8-10-28(11-9-23)36(32,33)20-15-26-21(24)14-19(20)17-5-4-6-18(13-17)34-2/h4-7,12-16H,8-11H2,1-3H3,(H,27,29)/b12-7-/t16-/m0/s1. The molecule has 1 atom stereocenters. The molecular weight excluding hydrogens is 533 g/mol. The van der Waals surface area contributed by atoms with Crippen LogP contribution in [0.2, 0.25) is 5.15 Å². The van der Waals surface area contributed by atoms with Crippen molar-refractivity contribution < 1.29 is 30.8 Å². The van der Waals surface area contributed by atoms with Crippen LogP contribution in [-0.2, 0) is 24.7 Å². The van der Waals surface area contributed by atoms with E-state index in [1.165, 1.54) is 26.2 Å². The van der Waals surface area contributed by atoms with E-state index in [2.05, 4.69) is 10.3 Å². The van der Waals surface area contributed by atoms with Crippen molar-refractivity contribution in [1.82, 2.24) is 14.6 Å². The number of halogens is 2. The zero-order valence-electron chi connectivity index (χ0n) is 19.9. The molecule has 1 aromatic carbocycles. The van der Waals surface area contributed by atoms with Crippen molar-refractivity contribution in [3.8, 4) is 16.9 Å². The molecule has 9 nitrogen and oxygen atoms in total. The van der Waals surface area contributed by atoms with Crippen molar-refractivity contribution in [3.05, 3.63) is 53.2 Å². The molecule has 0 spiro atoms. The predicted octanol–water partition coefficient (Wildman–Crippen LogP) is 2.97. The Balaban J connectivity index is 1.80. The maximum atomic E-state index is 15.4. The Morgan fingerprint density at radius 3 is 2.53 bits per heavy atom. The highest BCUT2D eigenvalue weighted by Crippen LogP contribution is 2.35. The highest BCUT2D eigenvalue weighted by Gasteiger charge is 2.45. The van der Waals surface area contributed by atoms with Gasteiger partial charge >= 0.3 is 0 Å². The van der Waals surface area contributed by atoms with Crippen molar-refractivity contribution in [2.45, 2.75) is 36.4 Å². The van der Waals surface area contributed by atoms with Crippen LogP contribution in [0.3, 0.4) is 0 Å². The van der Waals surface area contributed by atoms with Crippen LogP contribution in [0.5, 0.6) is 5.75 Å². The smallest absolute Gasteiger partial charge is 0.258 e. The van der Waals surface area contributed by atoms with Crippen LogP contribution < -0.4 is 10.1 Å². The minimum absolute atomic E-state index is 0.101. The highest BCUT2D eigenvalue weighted by molar-refractivity contribution is 7.93. The molecule has 0 aliphatic carbocycles. The second kappa shape index (κ2) is 10.8. The second-order valence-corrected chi connectivity index (χ2v) is 12.7. The van der Waals surface area contributed by atoms with Gasteiger partial charge in [0.2, 0.25) is 10.0 Å². The summed E-state index contributed by atoms with van der Waals surface area (Å²) in [4.78, 5) is 16.4. The van der Waals surface area contributed by atoms with E-state index >= 15 is 4.39 Å². The first-order valence-corrected chi connectivity index (χ1v) is 14.7. The normalized spacial score (nSPS) is 17.6. The number of ether oxygens (including phenoxy) is 1. The van der Waals surface area contributed by atoms with Gasteiger partial charge in [-0.15, -0.1) is 0 Å². The molecule has 196 valence electrons. The number of methoxy groups -OCH3 is 1. The number of amides is 1. The van der Waals surface area contributed by atoms with E-state index in [1.54, 1.807) is 24.3 Å². The van der Waals surface area contributed by atoms with E-state index in [0.29, 0.717) is 16.9 Å². The molecule has 1 amide bonds. The fraction of sp³-hybridized carbons (Fsp3) is 0.391. The first kappa shape index (κ1) is 28.0. The lowest BCUT2D eigenvalue weighted by Crippen LogP contribution is -2.53. The Kier molecular flexibility index (Phi) is 8.44. The monoisotopic (exact) mass is 559 g/mol. The minimum atomic E-state index is -4.11. The molecule has 2 heterocycles. The van der Waals surface area contributed by atoms with Crippen molar-refractivity contribution >= 4 is 37.4 Å². The summed E-state index contributed by atoms with van der Waals surface area (Å²) < 4.78 is 71.3. The Labute approximate surface area is 215 Å². The lowest BCUT2D eigenvalue weighted by atomic mass is 9.93. The number of carbonyl (C=O) groups is 1. The number of hydrogen-bond donors (Lipinski definition) is 1. The van der Waals surface area contributed by atoms with E-state index in [-0.39, 0.29) is 36.0 Å². The molecule has 1 aromatic heterocycles. The SMILES string of the molecule is COc1cccc(-c2cc(Cl)ncc2S(=O)(=O)N2CCC(F)(C(=O)N[C@@H](C)/C=C\S(C)(=O)=O)CC2)c1. The number of alkyl halides is 1. The van der Waals surface area contributed by atoms with Gasteiger partial charge in [-0.05, 0) is 30.7 Å². The average molecular weight is 560 g/mol. The first-order chi connectivity index (χ1) is 16.7. The third-order valence-corrected chi connectivity index (χ3v) is 8.51. The van der Waals surface area contributed by atoms with Gasteiger partial charge in [0, 0.05) is 55.4 Å². The van der Waals surface area contributed by atoms with E-state index < -0.39 is 37.5 Å². The maximum Gasteiger partial charge on any atom is 0.258 e. The summed E-state index contributed by atoms with van der Waals surface area (Å²) in [5.41, 5.74) is -1.44. The molecule has 2 aromatic rings. The van der Waals surface area contributed by atoms with Gasteiger partial charge < -0.3 is 10.1 Å². The maximum absolute atomic E-state index is 15.4. The molecule has 0 unspecified atom stereocenters. The van der Waals surface area contributed by atoms with Crippen LogP contribution in [0.15, 0.2) is 52.9 Å². The molecule has 1 saturated heterocycles. The van der Waals surface area contributed by atoms with Crippen molar-refractivity contribution in [2.24, 2.45) is 0 Å². The summed E-state index contributed by atoms with van der Waals surface area (Å²) in [5, 5.41) is 3.46. The van der Waals surface area contributed by atoms with E-state index in [0.717, 1.165) is 22.2 Å². The number of hydrogen-bond acceptors (Lipinski definition) is 7. The molecule has 1 fully saturated rings. The molecule has 13 heteroatoms. The van der Waals surface area contributed by atoms with Gasteiger partial charge in [0.15, 0.2) is 15.5 Å². The number of rotatable bonds is 8. The molecule has 1 aliphatic rings. The summed E-state index contributed by atoms with van der Waals surface area (Å²) in [6.45, 7) is 1.04. The lowest BCUT2D eigenvalue weighted by Gasteiger charge is -2.35. The van der Waals surface area contributed by atoms with Crippen LogP contribution in [0.4, 0.5) is 4.39 Å². The van der Waals surface area contributed by atoms with Crippen LogP contribution in [0.1, 0.15) is 19.8 Å². The van der Waals surface area contributed by atoms with Gasteiger partial charge in [0.05, 0.1) is 7.11 Å². The molecule has 1 N–H and O–H groups in total. The number of piperidine rings is 1.